The predicted octanol–water partition coefficient (Wildman–Crippen LogP) is 6.54. The molecule has 8 heteroatoms. The smallest absolute Gasteiger partial charge is 0.321 e. The molecule has 5 rings (SSSR count). The number of aryl methyl sites for hydroxylation is 2. The first-order chi connectivity index (χ1) is 21.5. The average Bonchev–Trinajstić information content (AvgIpc) is 3.57. The van der Waals surface area contributed by atoms with Crippen molar-refractivity contribution in [1.29, 1.82) is 0 Å². The molecule has 2 aromatic carbocycles. The Balaban J connectivity index is 1.26. The average molecular weight is 619 g/mol. The lowest BCUT2D eigenvalue weighted by molar-refractivity contribution is -0.147. The van der Waals surface area contributed by atoms with E-state index in [0.717, 1.165) is 68.3 Å². The van der Waals surface area contributed by atoms with Crippen LogP contribution in [0.25, 0.3) is 0 Å². The van der Waals surface area contributed by atoms with Crippen LogP contribution in [-0.4, -0.2) is 82.7 Å². The monoisotopic (exact) mass is 618 g/mol. The number of carboxylic acid groups (broad SMARTS) is 1. The van der Waals surface area contributed by atoms with Crippen LogP contribution >= 0.6 is 0 Å². The molecule has 0 amide bonds. The van der Waals surface area contributed by atoms with Crippen LogP contribution in [0.3, 0.4) is 0 Å². The van der Waals surface area contributed by atoms with E-state index in [0.29, 0.717) is 30.8 Å². The second-order valence-electron chi connectivity index (χ2n) is 14.1. The summed E-state index contributed by atoms with van der Waals surface area (Å²) in [5.74, 6) is 1.12. The van der Waals surface area contributed by atoms with Crippen molar-refractivity contribution in [2.75, 3.05) is 46.0 Å². The van der Waals surface area contributed by atoms with E-state index in [1.807, 2.05) is 44.5 Å². The maximum atomic E-state index is 13.6. The molecule has 2 aliphatic rings. The lowest BCUT2D eigenvalue weighted by Gasteiger charge is -2.36. The van der Waals surface area contributed by atoms with Crippen molar-refractivity contribution in [3.05, 3.63) is 82.7 Å². The van der Waals surface area contributed by atoms with E-state index in [1.165, 1.54) is 11.1 Å². The fraction of sp³-hybridized carbons (Fsp3) is 0.568. The van der Waals surface area contributed by atoms with Gasteiger partial charge >= 0.3 is 5.97 Å². The minimum Gasteiger partial charge on any atom is -0.494 e. The van der Waals surface area contributed by atoms with Gasteiger partial charge in [-0.3, -0.25) is 14.4 Å². The van der Waals surface area contributed by atoms with E-state index in [1.54, 1.807) is 0 Å². The summed E-state index contributed by atoms with van der Waals surface area (Å²) >= 11 is 0. The molecule has 45 heavy (non-hydrogen) atoms. The minimum atomic E-state index is -0.737. The molecule has 2 saturated heterocycles. The second-order valence-corrected chi connectivity index (χ2v) is 14.1. The topological polar surface area (TPSA) is 70.8 Å². The molecule has 3 aromatic rings. The van der Waals surface area contributed by atoms with Crippen molar-refractivity contribution >= 4 is 5.97 Å². The Hall–Kier alpha value is -3.23. The van der Waals surface area contributed by atoms with Crippen molar-refractivity contribution in [3.8, 4) is 5.75 Å². The zero-order chi connectivity index (χ0) is 32.1. The number of benzene rings is 2. The van der Waals surface area contributed by atoms with E-state index in [4.69, 9.17) is 9.84 Å². The van der Waals surface area contributed by atoms with Gasteiger partial charge in [0.25, 0.3) is 0 Å². The number of alkyl halides is 1. The lowest BCUT2D eigenvalue weighted by atomic mass is 9.85. The predicted molar refractivity (Wildman–Crippen MR) is 177 cm³/mol. The fourth-order valence-electron chi connectivity index (χ4n) is 7.64. The molecular weight excluding hydrogens is 567 g/mol. The highest BCUT2D eigenvalue weighted by molar-refractivity contribution is 5.74. The summed E-state index contributed by atoms with van der Waals surface area (Å²) in [5, 5.41) is 15.0. The second kappa shape index (κ2) is 14.5. The molecule has 1 aromatic heterocycles. The Morgan fingerprint density at radius 2 is 1.82 bits per heavy atom. The van der Waals surface area contributed by atoms with Gasteiger partial charge in [-0.1, -0.05) is 62.7 Å². The number of likely N-dealkylation sites (tertiary alicyclic amines) is 2. The first-order valence-corrected chi connectivity index (χ1v) is 16.7. The number of aromatic nitrogens is 2. The molecular formula is C37H51FN4O3. The van der Waals surface area contributed by atoms with E-state index in [9.17, 15) is 14.3 Å². The number of aliphatic carboxylic acids is 1. The SMILES string of the molecule is CCOc1ccc(Cc2cc(C3CCN(C[C@H]4CN([C@@H](C(=O)O)C(C)(C)C)C[C@@H]4c4cccc(C)c4)CC3)n(CCF)n2)cc1. The number of nitrogens with zero attached hydrogens (tertiary/aromatic N) is 4. The van der Waals surface area contributed by atoms with Crippen LogP contribution in [0, 0.1) is 18.3 Å². The first kappa shape index (κ1) is 33.1. The maximum Gasteiger partial charge on any atom is 0.321 e. The largest absolute Gasteiger partial charge is 0.494 e. The Labute approximate surface area is 268 Å². The summed E-state index contributed by atoms with van der Waals surface area (Å²) in [5.41, 5.74) is 5.48. The van der Waals surface area contributed by atoms with Gasteiger partial charge in [-0.2, -0.15) is 5.10 Å². The van der Waals surface area contributed by atoms with Crippen molar-refractivity contribution in [2.24, 2.45) is 11.3 Å². The van der Waals surface area contributed by atoms with Crippen LogP contribution < -0.4 is 4.74 Å². The summed E-state index contributed by atoms with van der Waals surface area (Å²) in [6.45, 7) is 15.1. The minimum absolute atomic E-state index is 0.285. The van der Waals surface area contributed by atoms with E-state index in [-0.39, 0.29) is 12.0 Å². The summed E-state index contributed by atoms with van der Waals surface area (Å²) < 4.78 is 21.0. The van der Waals surface area contributed by atoms with Crippen LogP contribution in [0.2, 0.25) is 0 Å². The maximum absolute atomic E-state index is 13.6. The Kier molecular flexibility index (Phi) is 10.7. The van der Waals surface area contributed by atoms with Crippen LogP contribution in [0.1, 0.15) is 80.5 Å². The zero-order valence-corrected chi connectivity index (χ0v) is 27.7. The molecule has 0 spiro atoms. The summed E-state index contributed by atoms with van der Waals surface area (Å²) in [6.07, 6.45) is 2.72. The molecule has 0 radical (unpaired) electrons. The number of rotatable bonds is 12. The number of ether oxygens (including phenoxy) is 1. The van der Waals surface area contributed by atoms with Gasteiger partial charge in [0.1, 0.15) is 18.5 Å². The van der Waals surface area contributed by atoms with Gasteiger partial charge in [0.15, 0.2) is 0 Å². The number of carbonyl (C=O) groups is 1. The van der Waals surface area contributed by atoms with Crippen molar-refractivity contribution in [3.63, 3.8) is 0 Å². The molecule has 0 aliphatic carbocycles. The summed E-state index contributed by atoms with van der Waals surface area (Å²) in [6, 6.07) is 18.5. The van der Waals surface area contributed by atoms with E-state index < -0.39 is 18.7 Å². The molecule has 0 bridgehead atoms. The Bertz CT molecular complexity index is 1410. The highest BCUT2D eigenvalue weighted by Crippen LogP contribution is 2.39. The highest BCUT2D eigenvalue weighted by Gasteiger charge is 2.44. The molecule has 2 aliphatic heterocycles. The number of piperidine rings is 1. The van der Waals surface area contributed by atoms with Gasteiger partial charge in [-0.25, -0.2) is 4.39 Å². The van der Waals surface area contributed by atoms with Crippen LogP contribution in [0.4, 0.5) is 4.39 Å². The number of halogens is 1. The quantitative estimate of drug-likeness (QED) is 0.249. The third-order valence-electron chi connectivity index (χ3n) is 9.64. The van der Waals surface area contributed by atoms with Crippen molar-refractivity contribution < 1.29 is 19.0 Å². The molecule has 244 valence electrons. The summed E-state index contributed by atoms with van der Waals surface area (Å²) in [7, 11) is 0. The molecule has 1 N–H and O–H groups in total. The molecule has 2 fully saturated rings. The van der Waals surface area contributed by atoms with Gasteiger partial charge in [0, 0.05) is 43.6 Å². The normalized spacial score (nSPS) is 20.8. The lowest BCUT2D eigenvalue weighted by Crippen LogP contribution is -2.48. The fourth-order valence-corrected chi connectivity index (χ4v) is 7.64. The van der Waals surface area contributed by atoms with E-state index >= 15 is 0 Å². The van der Waals surface area contributed by atoms with Gasteiger partial charge in [-0.05, 0) is 80.4 Å². The molecule has 0 unspecified atom stereocenters. The van der Waals surface area contributed by atoms with Crippen LogP contribution in [0.5, 0.6) is 5.75 Å². The standard InChI is InChI=1S/C37H51FN4O3/c1-6-45-32-12-10-27(11-13-32)21-31-22-34(42(39-31)19-16-38)28-14-17-40(18-15-28)23-30-24-41(35(36(43)44)37(3,4)5)25-33(30)29-9-7-8-26(2)20-29/h7-13,20,22,28,30,33,35H,6,14-19,21,23-25H2,1-5H3,(H,43,44)/t30-,33+,35-/m0/s1. The summed E-state index contributed by atoms with van der Waals surface area (Å²) in [4.78, 5) is 17.2. The third-order valence-corrected chi connectivity index (χ3v) is 9.64. The molecule has 7 nitrogen and oxygen atoms in total. The van der Waals surface area contributed by atoms with Crippen molar-refractivity contribution in [2.45, 2.75) is 78.3 Å². The number of hydrogen-bond acceptors (Lipinski definition) is 5. The van der Waals surface area contributed by atoms with Gasteiger partial charge in [0.2, 0.25) is 0 Å². The van der Waals surface area contributed by atoms with E-state index in [2.05, 4.69) is 59.2 Å². The molecule has 0 saturated carbocycles. The Morgan fingerprint density at radius 1 is 1.09 bits per heavy atom. The van der Waals surface area contributed by atoms with Gasteiger partial charge < -0.3 is 14.7 Å². The number of carboxylic acids is 1. The third kappa shape index (κ3) is 8.14. The highest BCUT2D eigenvalue weighted by atomic mass is 19.1. The Morgan fingerprint density at radius 3 is 2.44 bits per heavy atom. The number of hydrogen-bond donors (Lipinski definition) is 1. The first-order valence-electron chi connectivity index (χ1n) is 16.7. The van der Waals surface area contributed by atoms with Crippen molar-refractivity contribution in [1.82, 2.24) is 19.6 Å². The van der Waals surface area contributed by atoms with Crippen LogP contribution in [0.15, 0.2) is 54.6 Å². The van der Waals surface area contributed by atoms with Gasteiger partial charge in [-0.15, -0.1) is 0 Å². The molecule has 3 heterocycles. The zero-order valence-electron chi connectivity index (χ0n) is 27.7. The van der Waals surface area contributed by atoms with Crippen LogP contribution in [-0.2, 0) is 17.8 Å². The van der Waals surface area contributed by atoms with Gasteiger partial charge in [0.05, 0.1) is 18.8 Å². The molecule has 3 atom stereocenters.